The highest BCUT2D eigenvalue weighted by Gasteiger charge is 2.26. The van der Waals surface area contributed by atoms with Crippen LogP contribution in [0.15, 0.2) is 30.3 Å². The van der Waals surface area contributed by atoms with Crippen LogP contribution in [0.2, 0.25) is 0 Å². The number of hydrogen-bond donors (Lipinski definition) is 1. The highest BCUT2D eigenvalue weighted by atomic mass is 16.4. The normalized spacial score (nSPS) is 12.3. The van der Waals surface area contributed by atoms with Crippen molar-refractivity contribution in [3.05, 3.63) is 36.0 Å². The van der Waals surface area contributed by atoms with Crippen molar-refractivity contribution in [3.63, 3.8) is 0 Å². The summed E-state index contributed by atoms with van der Waals surface area (Å²) in [7, 11) is 0. The number of aryl methyl sites for hydroxylation is 1. The van der Waals surface area contributed by atoms with Gasteiger partial charge in [0.15, 0.2) is 0 Å². The van der Waals surface area contributed by atoms with E-state index in [1.54, 1.807) is 0 Å². The van der Waals surface area contributed by atoms with Crippen LogP contribution in [0, 0.1) is 0 Å². The average Bonchev–Trinajstić information content (AvgIpc) is 2.90. The molecule has 0 bridgehead atoms. The number of fused-ring (bicyclic) bond motifs is 1. The Balaban J connectivity index is 2.49. The number of aliphatic carboxylic acids is 1. The number of carboxylic acids is 1. The number of carboxylic acid groups (broad SMARTS) is 1. The lowest BCUT2D eigenvalue weighted by molar-refractivity contribution is -0.138. The summed E-state index contributed by atoms with van der Waals surface area (Å²) in [5, 5.41) is 10.1. The maximum absolute atomic E-state index is 13.0. The summed E-state index contributed by atoms with van der Waals surface area (Å²) in [6.45, 7) is 6.35. The third kappa shape index (κ3) is 3.55. The molecule has 0 radical (unpaired) electrons. The monoisotopic (exact) mass is 316 g/mol. The summed E-state index contributed by atoms with van der Waals surface area (Å²) < 4.78 is 1.99. The quantitative estimate of drug-likeness (QED) is 0.852. The van der Waals surface area contributed by atoms with Gasteiger partial charge in [-0.15, -0.1) is 0 Å². The Morgan fingerprint density at radius 1 is 1.26 bits per heavy atom. The van der Waals surface area contributed by atoms with Gasteiger partial charge in [-0.1, -0.05) is 32.0 Å². The molecule has 5 nitrogen and oxygen atoms in total. The zero-order valence-corrected chi connectivity index (χ0v) is 14.0. The maximum atomic E-state index is 13.0. The van der Waals surface area contributed by atoms with Crippen LogP contribution in [0.25, 0.3) is 10.9 Å². The third-order valence-electron chi connectivity index (χ3n) is 4.17. The molecule has 23 heavy (non-hydrogen) atoms. The first-order chi connectivity index (χ1) is 11.0. The van der Waals surface area contributed by atoms with Crippen LogP contribution >= 0.6 is 0 Å². The lowest BCUT2D eigenvalue weighted by Gasteiger charge is -2.27. The first-order valence-electron chi connectivity index (χ1n) is 8.10. The molecule has 0 saturated carbocycles. The molecule has 1 aromatic carbocycles. The van der Waals surface area contributed by atoms with Crippen LogP contribution in [0.4, 0.5) is 0 Å². The largest absolute Gasteiger partial charge is 0.480 e. The summed E-state index contributed by atoms with van der Waals surface area (Å²) in [6.07, 6.45) is 1.62. The molecular formula is C18H24N2O3. The van der Waals surface area contributed by atoms with Gasteiger partial charge in [-0.3, -0.25) is 9.59 Å². The Morgan fingerprint density at radius 3 is 2.57 bits per heavy atom. The first kappa shape index (κ1) is 17.1. The van der Waals surface area contributed by atoms with Gasteiger partial charge in [0.1, 0.15) is 12.2 Å². The summed E-state index contributed by atoms with van der Waals surface area (Å²) in [6, 6.07) is 9.61. The molecule has 1 amide bonds. The minimum absolute atomic E-state index is 0.119. The highest BCUT2D eigenvalue weighted by Crippen LogP contribution is 2.22. The van der Waals surface area contributed by atoms with E-state index in [-0.39, 0.29) is 18.5 Å². The molecule has 0 aliphatic rings. The van der Waals surface area contributed by atoms with E-state index in [9.17, 15) is 9.59 Å². The molecule has 1 N–H and O–H groups in total. The van der Waals surface area contributed by atoms with E-state index < -0.39 is 5.97 Å². The van der Waals surface area contributed by atoms with E-state index in [4.69, 9.17) is 5.11 Å². The van der Waals surface area contributed by atoms with E-state index >= 15 is 0 Å². The number of carbonyl (C=O) groups is 2. The van der Waals surface area contributed by atoms with Gasteiger partial charge >= 0.3 is 5.97 Å². The van der Waals surface area contributed by atoms with Crippen LogP contribution in [0.5, 0.6) is 0 Å². The minimum Gasteiger partial charge on any atom is -0.480 e. The number of aromatic nitrogens is 1. The van der Waals surface area contributed by atoms with Crippen molar-refractivity contribution in [2.75, 3.05) is 6.54 Å². The number of hydrogen-bond acceptors (Lipinski definition) is 2. The second-order valence-corrected chi connectivity index (χ2v) is 5.82. The summed E-state index contributed by atoms with van der Waals surface area (Å²) in [4.78, 5) is 25.6. The highest BCUT2D eigenvalue weighted by molar-refractivity contribution is 6.00. The van der Waals surface area contributed by atoms with E-state index in [2.05, 4.69) is 6.92 Å². The van der Waals surface area contributed by atoms with E-state index in [1.165, 1.54) is 4.90 Å². The minimum atomic E-state index is -0.989. The zero-order valence-electron chi connectivity index (χ0n) is 14.0. The predicted molar refractivity (Wildman–Crippen MR) is 90.7 cm³/mol. The smallest absolute Gasteiger partial charge is 0.323 e. The molecule has 2 aromatic rings. The SMILES string of the molecule is CCCn1c(C(=O)N(CC(=O)O)C(C)CC)cc2ccccc21. The molecule has 1 heterocycles. The van der Waals surface area contributed by atoms with Gasteiger partial charge in [0, 0.05) is 23.5 Å². The second-order valence-electron chi connectivity index (χ2n) is 5.82. The van der Waals surface area contributed by atoms with Crippen LogP contribution in [-0.4, -0.2) is 39.0 Å². The molecule has 0 aliphatic heterocycles. The van der Waals surface area contributed by atoms with Crippen LogP contribution in [-0.2, 0) is 11.3 Å². The summed E-state index contributed by atoms with van der Waals surface area (Å²) in [5.41, 5.74) is 1.58. The molecule has 0 saturated heterocycles. The van der Waals surface area contributed by atoms with Crippen molar-refractivity contribution >= 4 is 22.8 Å². The molecule has 5 heteroatoms. The lowest BCUT2D eigenvalue weighted by Crippen LogP contribution is -2.42. The Hall–Kier alpha value is -2.30. The Kier molecular flexibility index (Phi) is 5.42. The molecule has 1 atom stereocenters. The Morgan fingerprint density at radius 2 is 1.96 bits per heavy atom. The van der Waals surface area contributed by atoms with Gasteiger partial charge in [0.2, 0.25) is 0 Å². The molecule has 0 spiro atoms. The van der Waals surface area contributed by atoms with Gasteiger partial charge in [0.25, 0.3) is 5.91 Å². The predicted octanol–water partition coefficient (Wildman–Crippen LogP) is 3.38. The van der Waals surface area contributed by atoms with Gasteiger partial charge in [-0.05, 0) is 31.9 Å². The molecule has 1 aromatic heterocycles. The van der Waals surface area contributed by atoms with Gasteiger partial charge < -0.3 is 14.6 Å². The lowest BCUT2D eigenvalue weighted by atomic mass is 10.2. The third-order valence-corrected chi connectivity index (χ3v) is 4.17. The number of rotatable bonds is 7. The van der Waals surface area contributed by atoms with E-state index in [1.807, 2.05) is 48.7 Å². The fraction of sp³-hybridized carbons (Fsp3) is 0.444. The van der Waals surface area contributed by atoms with Gasteiger partial charge in [0.05, 0.1) is 0 Å². The summed E-state index contributed by atoms with van der Waals surface area (Å²) >= 11 is 0. The zero-order chi connectivity index (χ0) is 17.0. The Labute approximate surface area is 136 Å². The maximum Gasteiger partial charge on any atom is 0.323 e. The van der Waals surface area contributed by atoms with Crippen molar-refractivity contribution in [2.45, 2.75) is 46.2 Å². The molecule has 2 rings (SSSR count). The number of nitrogens with zero attached hydrogens (tertiary/aromatic N) is 2. The second kappa shape index (κ2) is 7.31. The summed E-state index contributed by atoms with van der Waals surface area (Å²) in [5.74, 6) is -1.21. The van der Waals surface area contributed by atoms with Gasteiger partial charge in [-0.25, -0.2) is 0 Å². The fourth-order valence-electron chi connectivity index (χ4n) is 2.79. The average molecular weight is 316 g/mol. The first-order valence-corrected chi connectivity index (χ1v) is 8.10. The van der Waals surface area contributed by atoms with Crippen molar-refractivity contribution < 1.29 is 14.7 Å². The number of amides is 1. The molecule has 0 aliphatic carbocycles. The van der Waals surface area contributed by atoms with Crippen LogP contribution in [0.1, 0.15) is 44.1 Å². The molecule has 1 unspecified atom stereocenters. The van der Waals surface area contributed by atoms with Crippen molar-refractivity contribution in [3.8, 4) is 0 Å². The van der Waals surface area contributed by atoms with Crippen LogP contribution < -0.4 is 0 Å². The standard InChI is InChI=1S/C18H24N2O3/c1-4-10-19-15-9-7-6-8-14(15)11-16(19)18(23)20(12-17(21)22)13(3)5-2/h6-9,11,13H,4-5,10,12H2,1-3H3,(H,21,22). The van der Waals surface area contributed by atoms with Crippen molar-refractivity contribution in [2.24, 2.45) is 0 Å². The van der Waals surface area contributed by atoms with Gasteiger partial charge in [-0.2, -0.15) is 0 Å². The van der Waals surface area contributed by atoms with Crippen molar-refractivity contribution in [1.82, 2.24) is 9.47 Å². The topological polar surface area (TPSA) is 62.5 Å². The van der Waals surface area contributed by atoms with Crippen molar-refractivity contribution in [1.29, 1.82) is 0 Å². The van der Waals surface area contributed by atoms with Crippen LogP contribution in [0.3, 0.4) is 0 Å². The molecular weight excluding hydrogens is 292 g/mol. The van der Waals surface area contributed by atoms with E-state index in [0.29, 0.717) is 12.1 Å². The fourth-order valence-corrected chi connectivity index (χ4v) is 2.79. The number of benzene rings is 1. The number of para-hydroxylation sites is 1. The van der Waals surface area contributed by atoms with E-state index in [0.717, 1.165) is 23.9 Å². The number of carbonyl (C=O) groups excluding carboxylic acids is 1. The molecule has 124 valence electrons. The Bertz CT molecular complexity index is 705. The molecule has 0 fully saturated rings.